The molecule has 1 aliphatic rings. The summed E-state index contributed by atoms with van der Waals surface area (Å²) in [5.74, 6) is -0.156. The lowest BCUT2D eigenvalue weighted by molar-refractivity contribution is 0.191. The van der Waals surface area contributed by atoms with Gasteiger partial charge < -0.3 is 14.8 Å². The summed E-state index contributed by atoms with van der Waals surface area (Å²) in [7, 11) is 0. The number of hydrogen-bond donors (Lipinski definition) is 1. The molecule has 1 aromatic heterocycles. The average molecular weight is 420 g/mol. The summed E-state index contributed by atoms with van der Waals surface area (Å²) in [4.78, 5) is 22.4. The minimum atomic E-state index is -0.156. The fourth-order valence-corrected chi connectivity index (χ4v) is 4.06. The van der Waals surface area contributed by atoms with Crippen LogP contribution in [0.5, 0.6) is 0 Å². The van der Waals surface area contributed by atoms with E-state index in [1.165, 1.54) is 6.20 Å². The maximum absolute atomic E-state index is 13.7. The van der Waals surface area contributed by atoms with E-state index in [-0.39, 0.29) is 11.4 Å². The van der Waals surface area contributed by atoms with Gasteiger partial charge in [-0.15, -0.1) is 0 Å². The van der Waals surface area contributed by atoms with Crippen molar-refractivity contribution in [2.75, 3.05) is 19.6 Å². The number of fused-ring (bicyclic) bond motifs is 1. The molecule has 160 valence electrons. The first-order chi connectivity index (χ1) is 15.0. The molecule has 2 aromatic carbocycles. The Bertz CT molecular complexity index is 1170. The number of likely N-dealkylation sites (tertiary alicyclic amines) is 1. The van der Waals surface area contributed by atoms with Crippen molar-refractivity contribution in [3.63, 3.8) is 0 Å². The normalized spacial score (nSPS) is 15.3. The van der Waals surface area contributed by atoms with Gasteiger partial charge in [0.2, 0.25) is 0 Å². The molecule has 0 saturated carbocycles. The van der Waals surface area contributed by atoms with E-state index in [9.17, 15) is 9.18 Å². The Labute approximate surface area is 181 Å². The highest BCUT2D eigenvalue weighted by Gasteiger charge is 2.19. The summed E-state index contributed by atoms with van der Waals surface area (Å²) in [6.45, 7) is 12.9. The molecule has 7 heteroatoms. The van der Waals surface area contributed by atoms with Gasteiger partial charge in [-0.25, -0.2) is 14.2 Å². The van der Waals surface area contributed by atoms with Crippen molar-refractivity contribution in [1.29, 1.82) is 0 Å². The second kappa shape index (κ2) is 9.38. The summed E-state index contributed by atoms with van der Waals surface area (Å²) < 4.78 is 15.4. The maximum Gasteiger partial charge on any atom is 0.269 e. The van der Waals surface area contributed by atoms with Gasteiger partial charge >= 0.3 is 0 Å². The van der Waals surface area contributed by atoms with Crippen molar-refractivity contribution in [3.8, 4) is 0 Å². The number of hydrogen-bond acceptors (Lipinski definition) is 4. The Balaban J connectivity index is 1.31. The molecule has 6 nitrogen and oxygen atoms in total. The van der Waals surface area contributed by atoms with E-state index < -0.39 is 0 Å². The Hall–Kier alpha value is -3.08. The summed E-state index contributed by atoms with van der Waals surface area (Å²) in [6, 6.07) is 11.0. The van der Waals surface area contributed by atoms with Crippen LogP contribution in [0.2, 0.25) is 0 Å². The third-order valence-electron chi connectivity index (χ3n) is 6.02. The third-order valence-corrected chi connectivity index (χ3v) is 6.02. The van der Waals surface area contributed by atoms with Crippen molar-refractivity contribution >= 4 is 16.7 Å². The molecule has 31 heavy (non-hydrogen) atoms. The van der Waals surface area contributed by atoms with Crippen LogP contribution >= 0.6 is 0 Å². The highest BCUT2D eigenvalue weighted by atomic mass is 19.1. The molecule has 1 N–H and O–H groups in total. The Morgan fingerprint density at radius 3 is 2.74 bits per heavy atom. The average Bonchev–Trinajstić information content (AvgIpc) is 2.79. The first-order valence-corrected chi connectivity index (χ1v) is 10.6. The van der Waals surface area contributed by atoms with E-state index >= 15 is 0 Å². The number of aryl methyl sites for hydroxylation is 1. The molecular formula is C24H26FN5O. The Morgan fingerprint density at radius 2 is 2.00 bits per heavy atom. The molecule has 1 saturated heterocycles. The lowest BCUT2D eigenvalue weighted by Crippen LogP contribution is -2.43. The van der Waals surface area contributed by atoms with Gasteiger partial charge in [0.05, 0.1) is 23.8 Å². The van der Waals surface area contributed by atoms with Crippen molar-refractivity contribution < 1.29 is 4.39 Å². The number of rotatable bonds is 6. The monoisotopic (exact) mass is 419 g/mol. The SMILES string of the molecule is [C-]#[N+]c1ccc2ncc(=O)n(CCN3CCC(NCc4ccc(C)c(F)c4)CC3)c2c1. The number of nitrogens with zero attached hydrogens (tertiary/aromatic N) is 4. The minimum absolute atomic E-state index is 0.142. The zero-order valence-corrected chi connectivity index (χ0v) is 17.6. The summed E-state index contributed by atoms with van der Waals surface area (Å²) >= 11 is 0. The van der Waals surface area contributed by atoms with Crippen LogP contribution in [0.1, 0.15) is 24.0 Å². The second-order valence-corrected chi connectivity index (χ2v) is 8.11. The third kappa shape index (κ3) is 4.98. The first-order valence-electron chi connectivity index (χ1n) is 10.6. The van der Waals surface area contributed by atoms with Crippen LogP contribution in [0.25, 0.3) is 15.9 Å². The van der Waals surface area contributed by atoms with Crippen molar-refractivity contribution in [2.45, 2.75) is 38.9 Å². The van der Waals surface area contributed by atoms with Crippen LogP contribution in [-0.4, -0.2) is 40.1 Å². The van der Waals surface area contributed by atoms with Crippen LogP contribution in [0.4, 0.5) is 10.1 Å². The molecule has 0 amide bonds. The summed E-state index contributed by atoms with van der Waals surface area (Å²) in [5.41, 5.74) is 3.44. The van der Waals surface area contributed by atoms with Gasteiger partial charge in [-0.2, -0.15) is 0 Å². The molecule has 0 spiro atoms. The molecule has 0 unspecified atom stereocenters. The van der Waals surface area contributed by atoms with E-state index in [4.69, 9.17) is 6.57 Å². The molecule has 0 atom stereocenters. The maximum atomic E-state index is 13.7. The van der Waals surface area contributed by atoms with Gasteiger partial charge in [0.15, 0.2) is 5.69 Å². The topological polar surface area (TPSA) is 54.5 Å². The van der Waals surface area contributed by atoms with Crippen LogP contribution in [0.3, 0.4) is 0 Å². The predicted molar refractivity (Wildman–Crippen MR) is 120 cm³/mol. The largest absolute Gasteiger partial charge is 0.310 e. The minimum Gasteiger partial charge on any atom is -0.310 e. The summed E-state index contributed by atoms with van der Waals surface area (Å²) in [6.07, 6.45) is 3.38. The van der Waals surface area contributed by atoms with Gasteiger partial charge in [-0.1, -0.05) is 18.2 Å². The van der Waals surface area contributed by atoms with E-state index in [2.05, 4.69) is 20.0 Å². The Morgan fingerprint density at radius 1 is 1.19 bits per heavy atom. The number of nitrogens with one attached hydrogen (secondary N) is 1. The molecule has 0 bridgehead atoms. The lowest BCUT2D eigenvalue weighted by Gasteiger charge is -2.32. The van der Waals surface area contributed by atoms with E-state index in [0.29, 0.717) is 35.9 Å². The molecule has 3 aromatic rings. The molecule has 2 heterocycles. The van der Waals surface area contributed by atoms with Crippen LogP contribution in [-0.2, 0) is 13.1 Å². The zero-order chi connectivity index (χ0) is 21.8. The second-order valence-electron chi connectivity index (χ2n) is 8.11. The molecule has 0 radical (unpaired) electrons. The molecule has 0 aliphatic carbocycles. The van der Waals surface area contributed by atoms with Gasteiger partial charge in [-0.3, -0.25) is 4.79 Å². The lowest BCUT2D eigenvalue weighted by atomic mass is 10.0. The fraction of sp³-hybridized carbons (Fsp3) is 0.375. The highest BCUT2D eigenvalue weighted by Crippen LogP contribution is 2.19. The van der Waals surface area contributed by atoms with E-state index in [1.54, 1.807) is 35.8 Å². The smallest absolute Gasteiger partial charge is 0.269 e. The van der Waals surface area contributed by atoms with Gasteiger partial charge in [0.25, 0.3) is 5.56 Å². The number of aromatic nitrogens is 2. The quantitative estimate of drug-likeness (QED) is 0.620. The Kier molecular flexibility index (Phi) is 6.40. The molecular weight excluding hydrogens is 393 g/mol. The molecule has 1 fully saturated rings. The van der Waals surface area contributed by atoms with Gasteiger partial charge in [0.1, 0.15) is 5.82 Å². The zero-order valence-electron chi connectivity index (χ0n) is 17.6. The van der Waals surface area contributed by atoms with Crippen molar-refractivity contribution in [3.05, 3.63) is 81.3 Å². The van der Waals surface area contributed by atoms with Crippen LogP contribution in [0, 0.1) is 19.3 Å². The number of benzene rings is 2. The van der Waals surface area contributed by atoms with Gasteiger partial charge in [-0.05, 0) is 62.2 Å². The van der Waals surface area contributed by atoms with Crippen LogP contribution in [0.15, 0.2) is 47.4 Å². The van der Waals surface area contributed by atoms with Gasteiger partial charge in [0, 0.05) is 25.7 Å². The fourth-order valence-electron chi connectivity index (χ4n) is 4.06. The van der Waals surface area contributed by atoms with Crippen molar-refractivity contribution in [2.24, 2.45) is 0 Å². The molecule has 4 rings (SSSR count). The predicted octanol–water partition coefficient (Wildman–Crippen LogP) is 3.65. The standard InChI is InChI=1S/C24H26FN5O/c1-17-3-4-18(13-21(17)25)15-27-19-7-9-29(10-8-19)11-12-30-23-14-20(26-2)5-6-22(23)28-16-24(30)31/h3-6,13-14,16,19,27H,7-12,15H2,1H3. The number of piperidine rings is 1. The van der Waals surface area contributed by atoms with Crippen molar-refractivity contribution in [1.82, 2.24) is 19.8 Å². The highest BCUT2D eigenvalue weighted by molar-refractivity contribution is 5.79. The summed E-state index contributed by atoms with van der Waals surface area (Å²) in [5, 5.41) is 3.54. The van der Waals surface area contributed by atoms with Crippen LogP contribution < -0.4 is 10.9 Å². The first kappa shape index (κ1) is 21.2. The number of halogens is 1. The van der Waals surface area contributed by atoms with E-state index in [1.807, 2.05) is 12.1 Å². The van der Waals surface area contributed by atoms with E-state index in [0.717, 1.165) is 43.6 Å². The molecule has 1 aliphatic heterocycles.